The summed E-state index contributed by atoms with van der Waals surface area (Å²) in [7, 11) is 0. The number of carbonyl (C=O) groups excluding carboxylic acids is 1. The molecule has 0 aromatic carbocycles. The zero-order valence-electron chi connectivity index (χ0n) is 8.66. The normalized spacial score (nSPS) is 37.9. The first-order valence-electron chi connectivity index (χ1n) is 5.31. The molecule has 0 saturated carbocycles. The average molecular weight is 198 g/mol. The van der Waals surface area contributed by atoms with Crippen LogP contribution in [0.4, 0.5) is 0 Å². The summed E-state index contributed by atoms with van der Waals surface area (Å²) in [6.45, 7) is 4.09. The second-order valence-electron chi connectivity index (χ2n) is 4.48. The molecule has 2 rings (SSSR count). The van der Waals surface area contributed by atoms with Crippen molar-refractivity contribution in [3.05, 3.63) is 0 Å². The molecule has 1 amide bonds. The van der Waals surface area contributed by atoms with Gasteiger partial charge in [-0.1, -0.05) is 0 Å². The Labute approximate surface area is 84.4 Å². The van der Waals surface area contributed by atoms with Gasteiger partial charge in [-0.2, -0.15) is 0 Å². The number of hydrogen-bond acceptors (Lipinski definition) is 3. The lowest BCUT2D eigenvalue weighted by Crippen LogP contribution is -2.46. The first kappa shape index (κ1) is 9.93. The number of hydrogen-bond donors (Lipinski definition) is 1. The van der Waals surface area contributed by atoms with Gasteiger partial charge in [-0.25, -0.2) is 0 Å². The lowest BCUT2D eigenvalue weighted by Gasteiger charge is -2.27. The summed E-state index contributed by atoms with van der Waals surface area (Å²) < 4.78 is 5.52. The van der Waals surface area contributed by atoms with Gasteiger partial charge in [0.2, 0.25) is 0 Å². The summed E-state index contributed by atoms with van der Waals surface area (Å²) in [5.41, 5.74) is 5.20. The third kappa shape index (κ3) is 1.64. The fourth-order valence-corrected chi connectivity index (χ4v) is 2.25. The van der Waals surface area contributed by atoms with E-state index in [0.29, 0.717) is 13.2 Å². The van der Waals surface area contributed by atoms with Crippen LogP contribution < -0.4 is 5.73 Å². The fourth-order valence-electron chi connectivity index (χ4n) is 2.25. The Bertz CT molecular complexity index is 236. The number of amides is 1. The van der Waals surface area contributed by atoms with Crippen LogP contribution >= 0.6 is 0 Å². The Morgan fingerprint density at radius 2 is 2.43 bits per heavy atom. The first-order valence-corrected chi connectivity index (χ1v) is 5.31. The average Bonchev–Trinajstić information content (AvgIpc) is 2.74. The van der Waals surface area contributed by atoms with Crippen molar-refractivity contribution in [3.8, 4) is 0 Å². The molecule has 14 heavy (non-hydrogen) atoms. The van der Waals surface area contributed by atoms with Gasteiger partial charge in [-0.3, -0.25) is 4.79 Å². The van der Waals surface area contributed by atoms with Crippen molar-refractivity contribution in [3.63, 3.8) is 0 Å². The van der Waals surface area contributed by atoms with Gasteiger partial charge >= 0.3 is 0 Å². The molecule has 2 unspecified atom stereocenters. The molecule has 0 aliphatic carbocycles. The van der Waals surface area contributed by atoms with Crippen LogP contribution in [0.5, 0.6) is 0 Å². The van der Waals surface area contributed by atoms with E-state index in [1.807, 2.05) is 11.8 Å². The molecule has 2 aliphatic rings. The zero-order valence-corrected chi connectivity index (χ0v) is 8.66. The number of rotatable bonds is 1. The summed E-state index contributed by atoms with van der Waals surface area (Å²) in [5, 5.41) is 0. The van der Waals surface area contributed by atoms with Gasteiger partial charge < -0.3 is 15.4 Å². The molecule has 2 saturated heterocycles. The summed E-state index contributed by atoms with van der Waals surface area (Å²) in [5.74, 6) is 0.128. The Morgan fingerprint density at radius 1 is 1.64 bits per heavy atom. The van der Waals surface area contributed by atoms with Crippen molar-refractivity contribution in [2.75, 3.05) is 19.7 Å². The Hall–Kier alpha value is -0.610. The highest BCUT2D eigenvalue weighted by Crippen LogP contribution is 2.28. The molecule has 80 valence electrons. The number of likely N-dealkylation sites (tertiary alicyclic amines) is 1. The van der Waals surface area contributed by atoms with Crippen LogP contribution in [-0.2, 0) is 9.53 Å². The van der Waals surface area contributed by atoms with Gasteiger partial charge in [0.1, 0.15) is 5.60 Å². The summed E-state index contributed by atoms with van der Waals surface area (Å²) in [6.07, 6.45) is 2.75. The van der Waals surface area contributed by atoms with Crippen LogP contribution in [0.3, 0.4) is 0 Å². The van der Waals surface area contributed by atoms with E-state index >= 15 is 0 Å². The minimum atomic E-state index is -0.565. The molecule has 0 radical (unpaired) electrons. The smallest absolute Gasteiger partial charge is 0.254 e. The highest BCUT2D eigenvalue weighted by Gasteiger charge is 2.41. The van der Waals surface area contributed by atoms with E-state index in [1.165, 1.54) is 0 Å². The Balaban J connectivity index is 2.00. The summed E-state index contributed by atoms with van der Waals surface area (Å²) in [4.78, 5) is 13.9. The Morgan fingerprint density at radius 3 is 2.93 bits per heavy atom. The van der Waals surface area contributed by atoms with E-state index in [4.69, 9.17) is 10.5 Å². The van der Waals surface area contributed by atoms with E-state index in [1.54, 1.807) is 0 Å². The number of nitrogens with two attached hydrogens (primary N) is 1. The van der Waals surface area contributed by atoms with E-state index in [0.717, 1.165) is 25.8 Å². The maximum absolute atomic E-state index is 12.1. The van der Waals surface area contributed by atoms with Gasteiger partial charge in [0.15, 0.2) is 0 Å². The molecular formula is C10H18N2O2. The van der Waals surface area contributed by atoms with Gasteiger partial charge in [0, 0.05) is 25.7 Å². The van der Waals surface area contributed by atoms with Crippen LogP contribution in [0.15, 0.2) is 0 Å². The fraction of sp³-hybridized carbons (Fsp3) is 0.900. The molecule has 2 aliphatic heterocycles. The van der Waals surface area contributed by atoms with Gasteiger partial charge in [0.05, 0.1) is 0 Å². The van der Waals surface area contributed by atoms with E-state index in [2.05, 4.69) is 0 Å². The van der Waals surface area contributed by atoms with Crippen LogP contribution in [0, 0.1) is 0 Å². The largest absolute Gasteiger partial charge is 0.365 e. The molecule has 0 bridgehead atoms. The van der Waals surface area contributed by atoms with Crippen molar-refractivity contribution < 1.29 is 9.53 Å². The van der Waals surface area contributed by atoms with E-state index in [9.17, 15) is 4.79 Å². The van der Waals surface area contributed by atoms with Gasteiger partial charge in [-0.05, 0) is 26.2 Å². The maximum atomic E-state index is 12.1. The highest BCUT2D eigenvalue weighted by molar-refractivity contribution is 5.85. The molecule has 2 heterocycles. The molecule has 4 nitrogen and oxygen atoms in total. The van der Waals surface area contributed by atoms with E-state index in [-0.39, 0.29) is 11.9 Å². The zero-order chi connectivity index (χ0) is 10.2. The molecular weight excluding hydrogens is 180 g/mol. The van der Waals surface area contributed by atoms with Crippen LogP contribution in [0.2, 0.25) is 0 Å². The van der Waals surface area contributed by atoms with E-state index < -0.39 is 5.60 Å². The maximum Gasteiger partial charge on any atom is 0.254 e. The third-order valence-corrected chi connectivity index (χ3v) is 3.18. The number of ether oxygens (including phenoxy) is 1. The third-order valence-electron chi connectivity index (χ3n) is 3.18. The minimum Gasteiger partial charge on any atom is -0.365 e. The second-order valence-corrected chi connectivity index (χ2v) is 4.48. The molecule has 0 spiro atoms. The lowest BCUT2D eigenvalue weighted by atomic mass is 10.0. The quantitative estimate of drug-likeness (QED) is 0.651. The Kier molecular flexibility index (Phi) is 2.49. The summed E-state index contributed by atoms with van der Waals surface area (Å²) >= 11 is 0. The van der Waals surface area contributed by atoms with Crippen LogP contribution in [0.1, 0.15) is 26.2 Å². The molecule has 0 aromatic rings. The lowest BCUT2D eigenvalue weighted by molar-refractivity contribution is -0.149. The number of nitrogens with zero attached hydrogens (tertiary/aromatic N) is 1. The van der Waals surface area contributed by atoms with Crippen molar-refractivity contribution in [1.82, 2.24) is 4.90 Å². The predicted molar refractivity (Wildman–Crippen MR) is 52.8 cm³/mol. The number of carbonyl (C=O) groups is 1. The van der Waals surface area contributed by atoms with Crippen molar-refractivity contribution in [2.24, 2.45) is 5.73 Å². The first-order chi connectivity index (χ1) is 6.62. The topological polar surface area (TPSA) is 55.6 Å². The summed E-state index contributed by atoms with van der Waals surface area (Å²) in [6, 6.07) is 0.156. The molecule has 4 heteroatoms. The predicted octanol–water partition coefficient (Wildman–Crippen LogP) is 0.115. The SMILES string of the molecule is CC1(C(=O)N2CCC(N)C2)CCCO1. The van der Waals surface area contributed by atoms with Crippen LogP contribution in [-0.4, -0.2) is 42.1 Å². The monoisotopic (exact) mass is 198 g/mol. The molecule has 2 fully saturated rings. The second kappa shape index (κ2) is 3.51. The van der Waals surface area contributed by atoms with Crippen LogP contribution in [0.25, 0.3) is 0 Å². The van der Waals surface area contributed by atoms with Crippen molar-refractivity contribution in [2.45, 2.75) is 37.8 Å². The molecule has 2 N–H and O–H groups in total. The van der Waals surface area contributed by atoms with Gasteiger partial charge in [0.25, 0.3) is 5.91 Å². The molecule has 0 aromatic heterocycles. The van der Waals surface area contributed by atoms with Gasteiger partial charge in [-0.15, -0.1) is 0 Å². The standard InChI is InChI=1S/C10H18N2O2/c1-10(4-2-6-14-10)9(13)12-5-3-8(11)7-12/h8H,2-7,11H2,1H3. The van der Waals surface area contributed by atoms with Crippen molar-refractivity contribution >= 4 is 5.91 Å². The van der Waals surface area contributed by atoms with Crippen molar-refractivity contribution in [1.29, 1.82) is 0 Å². The molecule has 2 atom stereocenters. The minimum absolute atomic E-state index is 0.128. The highest BCUT2D eigenvalue weighted by atomic mass is 16.5.